The van der Waals surface area contributed by atoms with Crippen LogP contribution in [0.3, 0.4) is 0 Å². The molecular formula is C14H25NO2S2. The molecule has 0 aromatic carbocycles. The summed E-state index contributed by atoms with van der Waals surface area (Å²) in [5.74, 6) is 0.550. The predicted molar refractivity (Wildman–Crippen MR) is 83.7 cm³/mol. The quantitative estimate of drug-likeness (QED) is 0.761. The highest BCUT2D eigenvalue weighted by molar-refractivity contribution is 7.91. The summed E-state index contributed by atoms with van der Waals surface area (Å²) < 4.78 is 23.1. The molecule has 0 saturated heterocycles. The van der Waals surface area contributed by atoms with Gasteiger partial charge in [-0.1, -0.05) is 13.8 Å². The zero-order chi connectivity index (χ0) is 14.3. The lowest BCUT2D eigenvalue weighted by atomic mass is 10.0. The molecule has 0 saturated carbocycles. The van der Waals surface area contributed by atoms with Crippen LogP contribution in [0.25, 0.3) is 0 Å². The van der Waals surface area contributed by atoms with Gasteiger partial charge in [0.15, 0.2) is 0 Å². The van der Waals surface area contributed by atoms with Crippen molar-refractivity contribution in [2.45, 2.75) is 46.1 Å². The maximum Gasteiger partial charge on any atom is 0.150 e. The number of hydrogen-bond acceptors (Lipinski definition) is 4. The Morgan fingerprint density at radius 3 is 2.58 bits per heavy atom. The van der Waals surface area contributed by atoms with Crippen LogP contribution in [0.1, 0.15) is 50.3 Å². The lowest BCUT2D eigenvalue weighted by molar-refractivity contribution is 0.491. The highest BCUT2D eigenvalue weighted by Gasteiger charge is 2.15. The van der Waals surface area contributed by atoms with Crippen molar-refractivity contribution in [2.24, 2.45) is 0 Å². The first-order valence-corrected chi connectivity index (χ1v) is 9.73. The predicted octanol–water partition coefficient (Wildman–Crippen LogP) is 3.31. The SMILES string of the molecule is CCCNC(CCCS(=O)(=O)CC)c1cscc1C. The van der Waals surface area contributed by atoms with E-state index in [0.29, 0.717) is 11.8 Å². The second-order valence-electron chi connectivity index (χ2n) is 4.90. The molecule has 0 amide bonds. The Hall–Kier alpha value is -0.390. The van der Waals surface area contributed by atoms with Gasteiger partial charge in [0.2, 0.25) is 0 Å². The summed E-state index contributed by atoms with van der Waals surface area (Å²) in [6.07, 6.45) is 2.70. The molecule has 0 radical (unpaired) electrons. The van der Waals surface area contributed by atoms with E-state index in [1.807, 2.05) is 0 Å². The molecule has 0 aliphatic rings. The van der Waals surface area contributed by atoms with Gasteiger partial charge in [0.1, 0.15) is 9.84 Å². The second-order valence-corrected chi connectivity index (χ2v) is 8.11. The largest absolute Gasteiger partial charge is 0.310 e. The zero-order valence-electron chi connectivity index (χ0n) is 12.1. The van der Waals surface area contributed by atoms with Crippen LogP contribution >= 0.6 is 11.3 Å². The molecule has 1 rings (SSSR count). The van der Waals surface area contributed by atoms with Crippen molar-refractivity contribution in [3.05, 3.63) is 21.9 Å². The van der Waals surface area contributed by atoms with Gasteiger partial charge in [-0.3, -0.25) is 0 Å². The van der Waals surface area contributed by atoms with E-state index in [0.717, 1.165) is 25.8 Å². The summed E-state index contributed by atoms with van der Waals surface area (Å²) in [4.78, 5) is 0. The van der Waals surface area contributed by atoms with Crippen LogP contribution in [-0.2, 0) is 9.84 Å². The van der Waals surface area contributed by atoms with Gasteiger partial charge in [0.25, 0.3) is 0 Å². The van der Waals surface area contributed by atoms with Crippen molar-refractivity contribution in [1.82, 2.24) is 5.32 Å². The van der Waals surface area contributed by atoms with Crippen molar-refractivity contribution in [2.75, 3.05) is 18.1 Å². The minimum Gasteiger partial charge on any atom is -0.310 e. The zero-order valence-corrected chi connectivity index (χ0v) is 13.7. The lowest BCUT2D eigenvalue weighted by Crippen LogP contribution is -2.23. The second kappa shape index (κ2) is 8.02. The van der Waals surface area contributed by atoms with Gasteiger partial charge in [-0.05, 0) is 54.6 Å². The first-order chi connectivity index (χ1) is 9.00. The maximum absolute atomic E-state index is 11.5. The monoisotopic (exact) mass is 303 g/mol. The fourth-order valence-corrected chi connectivity index (χ4v) is 3.87. The molecule has 0 aliphatic heterocycles. The Morgan fingerprint density at radius 1 is 1.32 bits per heavy atom. The summed E-state index contributed by atoms with van der Waals surface area (Å²) in [5.41, 5.74) is 2.63. The first-order valence-electron chi connectivity index (χ1n) is 6.96. The molecule has 0 bridgehead atoms. The van der Waals surface area contributed by atoms with E-state index in [9.17, 15) is 8.42 Å². The minimum absolute atomic E-state index is 0.248. The van der Waals surface area contributed by atoms with E-state index in [1.165, 1.54) is 11.1 Å². The normalized spacial score (nSPS) is 13.6. The van der Waals surface area contributed by atoms with Gasteiger partial charge >= 0.3 is 0 Å². The summed E-state index contributed by atoms with van der Waals surface area (Å²) in [6, 6.07) is 0.290. The maximum atomic E-state index is 11.5. The number of hydrogen-bond donors (Lipinski definition) is 1. The van der Waals surface area contributed by atoms with E-state index in [4.69, 9.17) is 0 Å². The molecule has 1 aromatic rings. The van der Waals surface area contributed by atoms with E-state index in [2.05, 4.69) is 29.9 Å². The third kappa shape index (κ3) is 5.63. The van der Waals surface area contributed by atoms with Crippen LogP contribution in [0.5, 0.6) is 0 Å². The fourth-order valence-electron chi connectivity index (χ4n) is 2.07. The Bertz CT molecular complexity index is 466. The average Bonchev–Trinajstić information content (AvgIpc) is 2.80. The summed E-state index contributed by atoms with van der Waals surface area (Å²) >= 11 is 1.71. The summed E-state index contributed by atoms with van der Waals surface area (Å²) in [7, 11) is -2.84. The fraction of sp³-hybridized carbons (Fsp3) is 0.714. The molecule has 110 valence electrons. The molecular weight excluding hydrogens is 278 g/mol. The number of thiophene rings is 1. The Labute approximate surface area is 121 Å². The van der Waals surface area contributed by atoms with E-state index >= 15 is 0 Å². The molecule has 19 heavy (non-hydrogen) atoms. The van der Waals surface area contributed by atoms with Crippen LogP contribution in [0.15, 0.2) is 10.8 Å². The molecule has 0 spiro atoms. The van der Waals surface area contributed by atoms with E-state index in [-0.39, 0.29) is 5.75 Å². The van der Waals surface area contributed by atoms with Gasteiger partial charge in [0.05, 0.1) is 5.75 Å². The van der Waals surface area contributed by atoms with Crippen molar-refractivity contribution in [3.63, 3.8) is 0 Å². The molecule has 1 heterocycles. The Balaban J connectivity index is 2.59. The van der Waals surface area contributed by atoms with Gasteiger partial charge in [0, 0.05) is 11.8 Å². The van der Waals surface area contributed by atoms with Crippen molar-refractivity contribution < 1.29 is 8.42 Å². The molecule has 5 heteroatoms. The molecule has 1 atom stereocenters. The average molecular weight is 303 g/mol. The third-order valence-electron chi connectivity index (χ3n) is 3.30. The highest BCUT2D eigenvalue weighted by atomic mass is 32.2. The van der Waals surface area contributed by atoms with Gasteiger partial charge in [-0.15, -0.1) is 0 Å². The van der Waals surface area contributed by atoms with Crippen molar-refractivity contribution >= 4 is 21.2 Å². The minimum atomic E-state index is -2.84. The van der Waals surface area contributed by atoms with Crippen LogP contribution in [0.2, 0.25) is 0 Å². The van der Waals surface area contributed by atoms with Crippen LogP contribution < -0.4 is 5.32 Å². The number of sulfone groups is 1. The number of rotatable bonds is 9. The molecule has 1 unspecified atom stereocenters. The lowest BCUT2D eigenvalue weighted by Gasteiger charge is -2.18. The molecule has 0 aliphatic carbocycles. The molecule has 0 fully saturated rings. The summed E-state index contributed by atoms with van der Waals surface area (Å²) in [5, 5.41) is 7.86. The van der Waals surface area contributed by atoms with Crippen molar-refractivity contribution in [1.29, 1.82) is 0 Å². The number of nitrogens with one attached hydrogen (secondary N) is 1. The van der Waals surface area contributed by atoms with Gasteiger partial charge in [-0.25, -0.2) is 8.42 Å². The van der Waals surface area contributed by atoms with Gasteiger partial charge in [-0.2, -0.15) is 11.3 Å². The summed E-state index contributed by atoms with van der Waals surface area (Å²) in [6.45, 7) is 6.95. The van der Waals surface area contributed by atoms with E-state index in [1.54, 1.807) is 18.3 Å². The smallest absolute Gasteiger partial charge is 0.150 e. The number of aryl methyl sites for hydroxylation is 1. The first kappa shape index (κ1) is 16.7. The van der Waals surface area contributed by atoms with Crippen molar-refractivity contribution in [3.8, 4) is 0 Å². The van der Waals surface area contributed by atoms with E-state index < -0.39 is 9.84 Å². The molecule has 1 aromatic heterocycles. The van der Waals surface area contributed by atoms with Crippen LogP contribution in [-0.4, -0.2) is 26.5 Å². The topological polar surface area (TPSA) is 46.2 Å². The third-order valence-corrected chi connectivity index (χ3v) is 5.97. The van der Waals surface area contributed by atoms with Crippen LogP contribution in [0, 0.1) is 6.92 Å². The van der Waals surface area contributed by atoms with Gasteiger partial charge < -0.3 is 5.32 Å². The highest BCUT2D eigenvalue weighted by Crippen LogP contribution is 2.25. The molecule has 3 nitrogen and oxygen atoms in total. The Kier molecular flexibility index (Phi) is 7.04. The van der Waals surface area contributed by atoms with Crippen LogP contribution in [0.4, 0.5) is 0 Å². The molecule has 1 N–H and O–H groups in total. The Morgan fingerprint density at radius 2 is 2.05 bits per heavy atom. The standard InChI is InChI=1S/C14H25NO2S2/c1-4-8-15-14(13-11-18-10-12(13)3)7-6-9-19(16,17)5-2/h10-11,14-15H,4-9H2,1-3H3.